The molecule has 0 saturated heterocycles. The Labute approximate surface area is 168 Å². The van der Waals surface area contributed by atoms with Gasteiger partial charge in [-0.3, -0.25) is 9.78 Å². The van der Waals surface area contributed by atoms with Crippen LogP contribution in [0.25, 0.3) is 0 Å². The molecule has 1 aliphatic carbocycles. The normalized spacial score (nSPS) is 14.5. The van der Waals surface area contributed by atoms with Crippen LogP contribution in [-0.4, -0.2) is 17.7 Å². The van der Waals surface area contributed by atoms with Crippen molar-refractivity contribution in [3.8, 4) is 23.0 Å². The quantitative estimate of drug-likeness (QED) is 0.620. The number of fused-ring (bicyclic) bond motifs is 1. The first-order valence-electron chi connectivity index (χ1n) is 9.64. The number of ether oxygens (including phenoxy) is 3. The fraction of sp³-hybridized carbons (Fsp3) is 0.217. The summed E-state index contributed by atoms with van der Waals surface area (Å²) in [5.74, 6) is 3.06. The van der Waals surface area contributed by atoms with E-state index in [-0.39, 0.29) is 18.6 Å². The molecule has 2 aromatic carbocycles. The Kier molecular flexibility index (Phi) is 4.52. The van der Waals surface area contributed by atoms with Crippen LogP contribution in [0.4, 0.5) is 5.69 Å². The maximum atomic E-state index is 12.8. The molecule has 1 saturated carbocycles. The Hall–Kier alpha value is -3.54. The van der Waals surface area contributed by atoms with Crippen LogP contribution in [0, 0.1) is 5.92 Å². The molecule has 0 bridgehead atoms. The second-order valence-corrected chi connectivity index (χ2v) is 7.17. The van der Waals surface area contributed by atoms with E-state index >= 15 is 0 Å². The molecule has 2 heterocycles. The van der Waals surface area contributed by atoms with Gasteiger partial charge >= 0.3 is 0 Å². The summed E-state index contributed by atoms with van der Waals surface area (Å²) >= 11 is 0. The van der Waals surface area contributed by atoms with Gasteiger partial charge in [-0.25, -0.2) is 0 Å². The average molecular weight is 388 g/mol. The van der Waals surface area contributed by atoms with E-state index in [1.807, 2.05) is 59.5 Å². The van der Waals surface area contributed by atoms with Crippen LogP contribution in [0.1, 0.15) is 18.4 Å². The predicted octanol–water partition coefficient (Wildman–Crippen LogP) is 4.55. The van der Waals surface area contributed by atoms with Crippen molar-refractivity contribution < 1.29 is 19.0 Å². The van der Waals surface area contributed by atoms with Gasteiger partial charge in [-0.15, -0.1) is 0 Å². The van der Waals surface area contributed by atoms with Crippen molar-refractivity contribution in [3.05, 3.63) is 72.6 Å². The van der Waals surface area contributed by atoms with Gasteiger partial charge in [-0.05, 0) is 60.9 Å². The van der Waals surface area contributed by atoms with Crippen molar-refractivity contribution in [1.29, 1.82) is 0 Å². The third-order valence-corrected chi connectivity index (χ3v) is 4.98. The number of pyridine rings is 1. The molecule has 1 amide bonds. The average Bonchev–Trinajstić information content (AvgIpc) is 3.51. The van der Waals surface area contributed by atoms with Gasteiger partial charge < -0.3 is 19.1 Å². The van der Waals surface area contributed by atoms with Gasteiger partial charge in [-0.1, -0.05) is 6.07 Å². The Morgan fingerprint density at radius 3 is 2.59 bits per heavy atom. The maximum absolute atomic E-state index is 12.8. The van der Waals surface area contributed by atoms with Crippen molar-refractivity contribution in [1.82, 2.24) is 4.98 Å². The van der Waals surface area contributed by atoms with Gasteiger partial charge in [0.2, 0.25) is 12.7 Å². The van der Waals surface area contributed by atoms with Crippen molar-refractivity contribution >= 4 is 11.6 Å². The standard InChI is InChI=1S/C23H20N2O4/c26-23(17-3-4-17)25(14-16-2-1-11-24-13-16)18-5-7-19(8-6-18)29-20-9-10-21-22(12-20)28-15-27-21/h1-2,5-13,17H,3-4,14-15H2. The van der Waals surface area contributed by atoms with Gasteiger partial charge in [0.25, 0.3) is 0 Å². The number of hydrogen-bond donors (Lipinski definition) is 0. The molecule has 3 aromatic rings. The fourth-order valence-corrected chi connectivity index (χ4v) is 3.29. The van der Waals surface area contributed by atoms with Crippen molar-refractivity contribution in [2.24, 2.45) is 5.92 Å². The lowest BCUT2D eigenvalue weighted by Gasteiger charge is -2.23. The van der Waals surface area contributed by atoms with E-state index in [0.29, 0.717) is 23.8 Å². The van der Waals surface area contributed by atoms with Crippen LogP contribution < -0.4 is 19.1 Å². The highest BCUT2D eigenvalue weighted by molar-refractivity contribution is 5.96. The van der Waals surface area contributed by atoms with E-state index < -0.39 is 0 Å². The summed E-state index contributed by atoms with van der Waals surface area (Å²) in [6.07, 6.45) is 5.46. The minimum Gasteiger partial charge on any atom is -0.457 e. The second kappa shape index (κ2) is 7.47. The van der Waals surface area contributed by atoms with Crippen LogP contribution in [0.3, 0.4) is 0 Å². The summed E-state index contributed by atoms with van der Waals surface area (Å²) in [5.41, 5.74) is 1.85. The Morgan fingerprint density at radius 1 is 1.03 bits per heavy atom. The molecule has 1 aliphatic heterocycles. The smallest absolute Gasteiger partial charge is 0.231 e. The molecule has 1 fully saturated rings. The highest BCUT2D eigenvalue weighted by Crippen LogP contribution is 2.37. The lowest BCUT2D eigenvalue weighted by molar-refractivity contribution is -0.119. The molecule has 5 rings (SSSR count). The first-order chi connectivity index (χ1) is 14.3. The van der Waals surface area contributed by atoms with Crippen LogP contribution in [-0.2, 0) is 11.3 Å². The molecular formula is C23H20N2O4. The van der Waals surface area contributed by atoms with Crippen molar-refractivity contribution in [3.63, 3.8) is 0 Å². The van der Waals surface area contributed by atoms with Crippen LogP contribution in [0.15, 0.2) is 67.0 Å². The molecule has 0 spiro atoms. The monoisotopic (exact) mass is 388 g/mol. The van der Waals surface area contributed by atoms with E-state index in [0.717, 1.165) is 29.8 Å². The van der Waals surface area contributed by atoms with E-state index in [9.17, 15) is 4.79 Å². The maximum Gasteiger partial charge on any atom is 0.231 e. The number of hydrogen-bond acceptors (Lipinski definition) is 5. The summed E-state index contributed by atoms with van der Waals surface area (Å²) in [6, 6.07) is 16.9. The lowest BCUT2D eigenvalue weighted by atomic mass is 10.2. The number of benzene rings is 2. The number of aromatic nitrogens is 1. The largest absolute Gasteiger partial charge is 0.457 e. The van der Waals surface area contributed by atoms with Crippen molar-refractivity contribution in [2.75, 3.05) is 11.7 Å². The Morgan fingerprint density at radius 2 is 1.83 bits per heavy atom. The molecule has 0 N–H and O–H groups in total. The summed E-state index contributed by atoms with van der Waals surface area (Å²) in [6.45, 7) is 0.737. The number of carbonyl (C=O) groups is 1. The lowest BCUT2D eigenvalue weighted by Crippen LogP contribution is -2.31. The van der Waals surface area contributed by atoms with E-state index in [2.05, 4.69) is 4.98 Å². The van der Waals surface area contributed by atoms with Crippen LogP contribution >= 0.6 is 0 Å². The molecule has 0 radical (unpaired) electrons. The molecule has 6 heteroatoms. The number of carbonyl (C=O) groups excluding carboxylic acids is 1. The summed E-state index contributed by atoms with van der Waals surface area (Å²) in [5, 5.41) is 0. The molecule has 0 unspecified atom stereocenters. The molecule has 6 nitrogen and oxygen atoms in total. The van der Waals surface area contributed by atoms with Gasteiger partial charge in [0.15, 0.2) is 11.5 Å². The van der Waals surface area contributed by atoms with Crippen molar-refractivity contribution in [2.45, 2.75) is 19.4 Å². The summed E-state index contributed by atoms with van der Waals surface area (Å²) in [4.78, 5) is 18.8. The minimum absolute atomic E-state index is 0.135. The molecule has 0 atom stereocenters. The molecule has 146 valence electrons. The zero-order valence-electron chi connectivity index (χ0n) is 15.8. The Balaban J connectivity index is 1.34. The number of rotatable bonds is 6. The van der Waals surface area contributed by atoms with Crippen LogP contribution in [0.2, 0.25) is 0 Å². The number of anilines is 1. The third kappa shape index (κ3) is 3.87. The third-order valence-electron chi connectivity index (χ3n) is 4.98. The van der Waals surface area contributed by atoms with Gasteiger partial charge in [0.05, 0.1) is 6.54 Å². The number of amides is 1. The van der Waals surface area contributed by atoms with Gasteiger partial charge in [0, 0.05) is 30.1 Å². The minimum atomic E-state index is 0.135. The predicted molar refractivity (Wildman–Crippen MR) is 107 cm³/mol. The fourth-order valence-electron chi connectivity index (χ4n) is 3.29. The molecule has 1 aromatic heterocycles. The van der Waals surface area contributed by atoms with E-state index in [1.165, 1.54) is 0 Å². The second-order valence-electron chi connectivity index (χ2n) is 7.17. The highest BCUT2D eigenvalue weighted by Gasteiger charge is 2.34. The molecule has 2 aliphatic rings. The highest BCUT2D eigenvalue weighted by atomic mass is 16.7. The first-order valence-corrected chi connectivity index (χ1v) is 9.64. The van der Waals surface area contributed by atoms with Gasteiger partial charge in [0.1, 0.15) is 11.5 Å². The van der Waals surface area contributed by atoms with Crippen LogP contribution in [0.5, 0.6) is 23.0 Å². The topological polar surface area (TPSA) is 60.9 Å². The van der Waals surface area contributed by atoms with Gasteiger partial charge in [-0.2, -0.15) is 0 Å². The molecule has 29 heavy (non-hydrogen) atoms. The SMILES string of the molecule is O=C(C1CC1)N(Cc1cccnc1)c1ccc(Oc2ccc3c(c2)OCO3)cc1. The Bertz CT molecular complexity index is 1020. The zero-order valence-corrected chi connectivity index (χ0v) is 15.8. The summed E-state index contributed by atoms with van der Waals surface area (Å²) < 4.78 is 16.6. The van der Waals surface area contributed by atoms with E-state index in [1.54, 1.807) is 12.4 Å². The zero-order chi connectivity index (χ0) is 19.6. The summed E-state index contributed by atoms with van der Waals surface area (Å²) in [7, 11) is 0. The van der Waals surface area contributed by atoms with E-state index in [4.69, 9.17) is 14.2 Å². The molecular weight excluding hydrogens is 368 g/mol. The first kappa shape index (κ1) is 17.6. The number of nitrogens with zero attached hydrogens (tertiary/aromatic N) is 2.